The molecule has 3 N–H and O–H groups in total. The van der Waals surface area contributed by atoms with Gasteiger partial charge in [0.05, 0.1) is 10.8 Å². The van der Waals surface area contributed by atoms with Crippen molar-refractivity contribution in [3.05, 3.63) is 114 Å². The molecule has 216 valence electrons. The first kappa shape index (κ1) is 29.0. The van der Waals surface area contributed by atoms with Crippen molar-refractivity contribution in [3.63, 3.8) is 0 Å². The van der Waals surface area contributed by atoms with E-state index < -0.39 is 28.0 Å². The van der Waals surface area contributed by atoms with Crippen LogP contribution in [-0.2, 0) is 24.3 Å². The van der Waals surface area contributed by atoms with E-state index in [0.717, 1.165) is 27.8 Å². The van der Waals surface area contributed by atoms with Gasteiger partial charge in [0.15, 0.2) is 5.76 Å². The Morgan fingerprint density at radius 3 is 2.10 bits per heavy atom. The van der Waals surface area contributed by atoms with Gasteiger partial charge in [-0.3, -0.25) is 9.59 Å². The van der Waals surface area contributed by atoms with Crippen LogP contribution in [0.5, 0.6) is 0 Å². The minimum atomic E-state index is -4.01. The predicted molar refractivity (Wildman–Crippen MR) is 162 cm³/mol. The Morgan fingerprint density at radius 1 is 0.881 bits per heavy atom. The van der Waals surface area contributed by atoms with Crippen LogP contribution >= 0.6 is 0 Å². The number of rotatable bonds is 9. The zero-order valence-corrected chi connectivity index (χ0v) is 24.3. The number of hydrogen-bond donors (Lipinski definition) is 3. The molecule has 2 unspecified atom stereocenters. The fourth-order valence-electron chi connectivity index (χ4n) is 5.22. The molecule has 3 atom stereocenters. The normalized spacial score (nSPS) is 18.7. The van der Waals surface area contributed by atoms with E-state index >= 15 is 0 Å². The molecule has 0 spiro atoms. The lowest BCUT2D eigenvalue weighted by molar-refractivity contribution is -0.140. The van der Waals surface area contributed by atoms with Gasteiger partial charge in [-0.15, -0.1) is 0 Å². The molecule has 0 radical (unpaired) electrons. The second-order valence-electron chi connectivity index (χ2n) is 10.7. The summed E-state index contributed by atoms with van der Waals surface area (Å²) in [6.07, 6.45) is 5.76. The van der Waals surface area contributed by atoms with Crippen molar-refractivity contribution < 1.29 is 27.9 Å². The van der Waals surface area contributed by atoms with E-state index in [1.165, 1.54) is 12.1 Å². The standard InChI is InChI=1S/C33H32N2O6S/c1-20(2)30(33(37)38)35-42(39,40)26-18-14-23(15-19-26)22-12-16-25(17-13-22)34-32(36)31-21(3)29-27(10-7-11-28(29)41-31)24-8-5-4-6-9-24/h4-20,28-30,35H,1-3H3,(H,34,36)(H,37,38)/t28?,29?,30-/m0/s1. The Balaban J connectivity index is 1.27. The van der Waals surface area contributed by atoms with Crippen LogP contribution < -0.4 is 10.0 Å². The number of carbonyl (C=O) groups excluding carboxylic acids is 1. The lowest BCUT2D eigenvalue weighted by Crippen LogP contribution is -2.44. The van der Waals surface area contributed by atoms with Gasteiger partial charge in [-0.2, -0.15) is 4.72 Å². The quantitative estimate of drug-likeness (QED) is 0.300. The zero-order chi connectivity index (χ0) is 30.0. The Labute approximate surface area is 245 Å². The van der Waals surface area contributed by atoms with Crippen LogP contribution in [-0.4, -0.2) is 37.5 Å². The Bertz CT molecular complexity index is 1690. The van der Waals surface area contributed by atoms with Crippen LogP contribution in [0.2, 0.25) is 0 Å². The molecule has 3 aromatic rings. The highest BCUT2D eigenvalue weighted by atomic mass is 32.2. The molecule has 1 aliphatic carbocycles. The number of ether oxygens (including phenoxy) is 1. The average molecular weight is 585 g/mol. The molecule has 0 saturated carbocycles. The second-order valence-corrected chi connectivity index (χ2v) is 12.4. The van der Waals surface area contributed by atoms with Crippen molar-refractivity contribution in [1.82, 2.24) is 4.72 Å². The maximum absolute atomic E-state index is 13.2. The van der Waals surface area contributed by atoms with Crippen molar-refractivity contribution in [2.24, 2.45) is 11.8 Å². The molecule has 2 aliphatic rings. The molecular weight excluding hydrogens is 552 g/mol. The van der Waals surface area contributed by atoms with Crippen LogP contribution in [0.3, 0.4) is 0 Å². The van der Waals surface area contributed by atoms with E-state index in [1.807, 2.05) is 49.4 Å². The maximum atomic E-state index is 13.2. The minimum absolute atomic E-state index is 0.0251. The highest BCUT2D eigenvalue weighted by molar-refractivity contribution is 7.89. The lowest BCUT2D eigenvalue weighted by Gasteiger charge is -2.23. The third-order valence-electron chi connectivity index (χ3n) is 7.49. The van der Waals surface area contributed by atoms with Gasteiger partial charge in [0.1, 0.15) is 12.1 Å². The van der Waals surface area contributed by atoms with Gasteiger partial charge in [0.25, 0.3) is 5.91 Å². The molecule has 0 bridgehead atoms. The van der Waals surface area contributed by atoms with Crippen LogP contribution in [0.15, 0.2) is 113 Å². The van der Waals surface area contributed by atoms with E-state index in [4.69, 9.17) is 4.74 Å². The van der Waals surface area contributed by atoms with Gasteiger partial charge in [-0.25, -0.2) is 8.42 Å². The van der Waals surface area contributed by atoms with Gasteiger partial charge >= 0.3 is 5.97 Å². The van der Waals surface area contributed by atoms with E-state index in [0.29, 0.717) is 11.4 Å². The van der Waals surface area contributed by atoms with Gasteiger partial charge < -0.3 is 15.2 Å². The molecule has 1 heterocycles. The number of benzene rings is 3. The van der Waals surface area contributed by atoms with Gasteiger partial charge in [-0.1, -0.05) is 80.6 Å². The summed E-state index contributed by atoms with van der Waals surface area (Å²) in [6, 6.07) is 22.2. The fourth-order valence-corrected chi connectivity index (χ4v) is 6.56. The minimum Gasteiger partial charge on any atom is -0.480 e. The van der Waals surface area contributed by atoms with Crippen LogP contribution in [0.4, 0.5) is 5.69 Å². The number of sulfonamides is 1. The van der Waals surface area contributed by atoms with Crippen molar-refractivity contribution in [1.29, 1.82) is 0 Å². The third-order valence-corrected chi connectivity index (χ3v) is 8.94. The number of aliphatic carboxylic acids is 1. The van der Waals surface area contributed by atoms with E-state index in [2.05, 4.69) is 28.2 Å². The highest BCUT2D eigenvalue weighted by Crippen LogP contribution is 2.43. The number of amides is 1. The molecule has 0 fully saturated rings. The SMILES string of the molecule is CC1=C(C(=O)Nc2ccc(-c3ccc(S(=O)(=O)N[C@H](C(=O)O)C(C)C)cc3)cc2)OC2C=CC=C(c3ccccc3)C12. The lowest BCUT2D eigenvalue weighted by atomic mass is 9.81. The first-order chi connectivity index (χ1) is 20.0. The summed E-state index contributed by atoms with van der Waals surface area (Å²) in [5, 5.41) is 12.3. The number of allylic oxidation sites excluding steroid dienone is 2. The van der Waals surface area contributed by atoms with Crippen molar-refractivity contribution in [2.75, 3.05) is 5.32 Å². The molecule has 1 aliphatic heterocycles. The molecule has 3 aromatic carbocycles. The molecule has 42 heavy (non-hydrogen) atoms. The number of carbonyl (C=O) groups is 2. The van der Waals surface area contributed by atoms with E-state index in [9.17, 15) is 23.1 Å². The average Bonchev–Trinajstić information content (AvgIpc) is 3.33. The number of carboxylic acid groups (broad SMARTS) is 1. The van der Waals surface area contributed by atoms with Crippen LogP contribution in [0, 0.1) is 11.8 Å². The van der Waals surface area contributed by atoms with E-state index in [-0.39, 0.29) is 22.8 Å². The molecule has 9 heteroatoms. The second kappa shape index (κ2) is 11.8. The Kier molecular flexibility index (Phi) is 8.15. The van der Waals surface area contributed by atoms with Crippen molar-refractivity contribution in [2.45, 2.75) is 37.8 Å². The number of nitrogens with one attached hydrogen (secondary N) is 2. The summed E-state index contributed by atoms with van der Waals surface area (Å²) >= 11 is 0. The first-order valence-corrected chi connectivity index (χ1v) is 15.1. The Morgan fingerprint density at radius 2 is 1.50 bits per heavy atom. The summed E-state index contributed by atoms with van der Waals surface area (Å²) in [7, 11) is -4.01. The van der Waals surface area contributed by atoms with Crippen LogP contribution in [0.25, 0.3) is 16.7 Å². The van der Waals surface area contributed by atoms with Gasteiger partial charge in [0, 0.05) is 5.69 Å². The number of carboxylic acids is 1. The van der Waals surface area contributed by atoms with Gasteiger partial charge in [-0.05, 0) is 71.0 Å². The molecule has 0 saturated heterocycles. The number of hydrogen-bond acceptors (Lipinski definition) is 5. The summed E-state index contributed by atoms with van der Waals surface area (Å²) in [4.78, 5) is 24.6. The largest absolute Gasteiger partial charge is 0.480 e. The van der Waals surface area contributed by atoms with Gasteiger partial charge in [0.2, 0.25) is 10.0 Å². The third kappa shape index (κ3) is 5.93. The van der Waals surface area contributed by atoms with Crippen molar-refractivity contribution >= 4 is 33.2 Å². The highest BCUT2D eigenvalue weighted by Gasteiger charge is 2.39. The fraction of sp³-hybridized carbons (Fsp3) is 0.212. The topological polar surface area (TPSA) is 122 Å². The molecule has 1 amide bonds. The summed E-state index contributed by atoms with van der Waals surface area (Å²) < 4.78 is 33.8. The number of anilines is 1. The van der Waals surface area contributed by atoms with E-state index in [1.54, 1.807) is 38.1 Å². The van der Waals surface area contributed by atoms with Crippen LogP contribution in [0.1, 0.15) is 26.3 Å². The molecule has 5 rings (SSSR count). The van der Waals surface area contributed by atoms with Crippen molar-refractivity contribution in [3.8, 4) is 11.1 Å². The summed E-state index contributed by atoms with van der Waals surface area (Å²) in [6.45, 7) is 5.21. The monoisotopic (exact) mass is 584 g/mol. The maximum Gasteiger partial charge on any atom is 0.322 e. The molecular formula is C33H32N2O6S. The molecule has 0 aromatic heterocycles. The summed E-state index contributed by atoms with van der Waals surface area (Å²) in [5.74, 6) is -1.69. The zero-order valence-electron chi connectivity index (χ0n) is 23.4. The summed E-state index contributed by atoms with van der Waals surface area (Å²) in [5.41, 5.74) is 5.26. The number of fused-ring (bicyclic) bond motifs is 1. The smallest absolute Gasteiger partial charge is 0.322 e. The predicted octanol–water partition coefficient (Wildman–Crippen LogP) is 5.62. The first-order valence-electron chi connectivity index (χ1n) is 13.6. The Hall–Kier alpha value is -4.47. The molecule has 8 nitrogen and oxygen atoms in total.